The van der Waals surface area contributed by atoms with E-state index < -0.39 is 0 Å². The van der Waals surface area contributed by atoms with E-state index in [2.05, 4.69) is 45.9 Å². The van der Waals surface area contributed by atoms with Crippen LogP contribution in [0.4, 0.5) is 0 Å². The molecule has 0 fully saturated rings. The normalized spacial score (nSPS) is 20.8. The van der Waals surface area contributed by atoms with E-state index in [4.69, 9.17) is 0 Å². The fourth-order valence-corrected chi connectivity index (χ4v) is 3.95. The van der Waals surface area contributed by atoms with E-state index in [0.29, 0.717) is 6.42 Å². The molecule has 0 saturated heterocycles. The summed E-state index contributed by atoms with van der Waals surface area (Å²) in [4.78, 5) is 12.6. The van der Waals surface area contributed by atoms with Gasteiger partial charge in [0.2, 0.25) is 5.91 Å². The van der Waals surface area contributed by atoms with Gasteiger partial charge in [-0.1, -0.05) is 18.2 Å². The van der Waals surface area contributed by atoms with Crippen molar-refractivity contribution in [1.29, 1.82) is 0 Å². The Hall–Kier alpha value is -2.17. The molecule has 1 heterocycles. The number of hydrogen-bond acceptors (Lipinski definition) is 3. The van der Waals surface area contributed by atoms with Gasteiger partial charge in [0, 0.05) is 12.3 Å². The van der Waals surface area contributed by atoms with Gasteiger partial charge < -0.3 is 5.32 Å². The minimum atomic E-state index is 0.00248. The van der Waals surface area contributed by atoms with Gasteiger partial charge in [0.05, 0.1) is 17.4 Å². The van der Waals surface area contributed by atoms with Crippen LogP contribution in [0, 0.1) is 5.92 Å². The molecule has 0 spiro atoms. The molecule has 0 bridgehead atoms. The number of aromatic amines is 1. The largest absolute Gasteiger partial charge is 0.349 e. The van der Waals surface area contributed by atoms with Crippen LogP contribution >= 0.6 is 0 Å². The van der Waals surface area contributed by atoms with Crippen molar-refractivity contribution in [2.24, 2.45) is 5.92 Å². The van der Waals surface area contributed by atoms with Crippen LogP contribution in [0.2, 0.25) is 0 Å². The first-order chi connectivity index (χ1) is 11.7. The Morgan fingerprint density at radius 2 is 1.96 bits per heavy atom. The Balaban J connectivity index is 1.42. The summed E-state index contributed by atoms with van der Waals surface area (Å²) >= 11 is 0. The molecule has 2 unspecified atom stereocenters. The van der Waals surface area contributed by atoms with Crippen LogP contribution in [0.25, 0.3) is 0 Å². The molecule has 5 heteroatoms. The SMILES string of the molecule is CC(NC(=O)C1CCc2n[nH]nc2C1)c1ccc2c(c1)CCCC2. The van der Waals surface area contributed by atoms with Crippen molar-refractivity contribution >= 4 is 5.91 Å². The minimum Gasteiger partial charge on any atom is -0.349 e. The van der Waals surface area contributed by atoms with Gasteiger partial charge in [0.1, 0.15) is 0 Å². The second-order valence-corrected chi connectivity index (χ2v) is 7.12. The third-order valence-electron chi connectivity index (χ3n) is 5.47. The number of carbonyl (C=O) groups excluding carboxylic acids is 1. The van der Waals surface area contributed by atoms with Gasteiger partial charge in [-0.25, -0.2) is 0 Å². The number of rotatable bonds is 3. The minimum absolute atomic E-state index is 0.00248. The summed E-state index contributed by atoms with van der Waals surface area (Å²) in [5.74, 6) is 0.136. The molecule has 2 N–H and O–H groups in total. The molecule has 1 aromatic heterocycles. The predicted molar refractivity (Wildman–Crippen MR) is 91.5 cm³/mol. The lowest BCUT2D eigenvalue weighted by Gasteiger charge is -2.24. The van der Waals surface area contributed by atoms with Crippen molar-refractivity contribution in [3.8, 4) is 0 Å². The van der Waals surface area contributed by atoms with Crippen LogP contribution in [-0.4, -0.2) is 21.3 Å². The third kappa shape index (κ3) is 2.95. The molecule has 24 heavy (non-hydrogen) atoms. The number of aryl methyl sites for hydroxylation is 3. The summed E-state index contributed by atoms with van der Waals surface area (Å²) in [6.07, 6.45) is 7.30. The van der Waals surface area contributed by atoms with Crippen LogP contribution in [0.15, 0.2) is 18.2 Å². The average Bonchev–Trinajstić information content (AvgIpc) is 3.08. The molecular formula is C19H24N4O. The zero-order valence-electron chi connectivity index (χ0n) is 14.1. The van der Waals surface area contributed by atoms with Gasteiger partial charge in [0.25, 0.3) is 0 Å². The van der Waals surface area contributed by atoms with Crippen LogP contribution in [0.1, 0.15) is 60.3 Å². The van der Waals surface area contributed by atoms with Gasteiger partial charge >= 0.3 is 0 Å². The number of benzene rings is 1. The molecule has 0 saturated carbocycles. The highest BCUT2D eigenvalue weighted by Gasteiger charge is 2.28. The van der Waals surface area contributed by atoms with Crippen molar-refractivity contribution in [2.75, 3.05) is 0 Å². The van der Waals surface area contributed by atoms with Gasteiger partial charge in [-0.15, -0.1) is 0 Å². The van der Waals surface area contributed by atoms with Gasteiger partial charge in [-0.05, 0) is 62.1 Å². The Morgan fingerprint density at radius 3 is 2.83 bits per heavy atom. The number of hydrogen-bond donors (Lipinski definition) is 2. The Labute approximate surface area is 142 Å². The van der Waals surface area contributed by atoms with Crippen molar-refractivity contribution in [1.82, 2.24) is 20.7 Å². The number of fused-ring (bicyclic) bond motifs is 2. The molecule has 126 valence electrons. The van der Waals surface area contributed by atoms with Gasteiger partial charge in [-0.3, -0.25) is 4.79 Å². The molecule has 2 aliphatic carbocycles. The topological polar surface area (TPSA) is 70.7 Å². The second-order valence-electron chi connectivity index (χ2n) is 7.12. The molecule has 1 aromatic carbocycles. The summed E-state index contributed by atoms with van der Waals surface area (Å²) in [5.41, 5.74) is 6.12. The molecule has 2 atom stereocenters. The Kier molecular flexibility index (Phi) is 4.08. The highest BCUT2D eigenvalue weighted by Crippen LogP contribution is 2.26. The van der Waals surface area contributed by atoms with E-state index in [0.717, 1.165) is 24.2 Å². The van der Waals surface area contributed by atoms with E-state index in [1.165, 1.54) is 42.4 Å². The molecule has 4 rings (SSSR count). The Morgan fingerprint density at radius 1 is 1.17 bits per heavy atom. The number of aromatic nitrogens is 3. The predicted octanol–water partition coefficient (Wildman–Crippen LogP) is 2.67. The van der Waals surface area contributed by atoms with E-state index in [1.54, 1.807) is 0 Å². The first-order valence-electron chi connectivity index (χ1n) is 9.01. The molecule has 5 nitrogen and oxygen atoms in total. The monoisotopic (exact) mass is 324 g/mol. The van der Waals surface area contributed by atoms with Crippen LogP contribution < -0.4 is 5.32 Å². The fraction of sp³-hybridized carbons (Fsp3) is 0.526. The van der Waals surface area contributed by atoms with E-state index >= 15 is 0 Å². The lowest BCUT2D eigenvalue weighted by atomic mass is 9.88. The number of carbonyl (C=O) groups is 1. The van der Waals surface area contributed by atoms with Crippen LogP contribution in [0.5, 0.6) is 0 Å². The number of nitrogens with one attached hydrogen (secondary N) is 2. The lowest BCUT2D eigenvalue weighted by molar-refractivity contribution is -0.126. The summed E-state index contributed by atoms with van der Waals surface area (Å²) in [6.45, 7) is 2.08. The quantitative estimate of drug-likeness (QED) is 0.912. The maximum absolute atomic E-state index is 12.6. The summed E-state index contributed by atoms with van der Waals surface area (Å²) in [7, 11) is 0. The highest BCUT2D eigenvalue weighted by molar-refractivity contribution is 5.79. The average molecular weight is 324 g/mol. The van der Waals surface area contributed by atoms with Crippen molar-refractivity contribution in [3.63, 3.8) is 0 Å². The van der Waals surface area contributed by atoms with E-state index in [-0.39, 0.29) is 17.9 Å². The van der Waals surface area contributed by atoms with Gasteiger partial charge in [0.15, 0.2) is 0 Å². The maximum atomic E-state index is 12.6. The maximum Gasteiger partial charge on any atom is 0.223 e. The second kappa shape index (κ2) is 6.38. The molecule has 1 amide bonds. The van der Waals surface area contributed by atoms with Crippen molar-refractivity contribution in [3.05, 3.63) is 46.3 Å². The molecule has 2 aliphatic rings. The number of H-pyrrole nitrogens is 1. The smallest absolute Gasteiger partial charge is 0.223 e. The molecule has 0 aliphatic heterocycles. The third-order valence-corrected chi connectivity index (χ3v) is 5.47. The zero-order chi connectivity index (χ0) is 16.5. The summed E-state index contributed by atoms with van der Waals surface area (Å²) in [5, 5.41) is 14.2. The Bertz CT molecular complexity index is 752. The fourth-order valence-electron chi connectivity index (χ4n) is 3.95. The lowest BCUT2D eigenvalue weighted by Crippen LogP contribution is -2.35. The van der Waals surface area contributed by atoms with Crippen molar-refractivity contribution in [2.45, 2.75) is 57.9 Å². The first-order valence-corrected chi connectivity index (χ1v) is 9.01. The summed E-state index contributed by atoms with van der Waals surface area (Å²) < 4.78 is 0. The summed E-state index contributed by atoms with van der Waals surface area (Å²) in [6, 6.07) is 6.75. The molecule has 2 aromatic rings. The standard InChI is InChI=1S/C19H24N4O/c1-12(14-7-6-13-4-2-3-5-15(13)10-14)20-19(24)16-8-9-17-18(11-16)22-23-21-17/h6-7,10,12,16H,2-5,8-9,11H2,1H3,(H,20,24)(H,21,22,23). The van der Waals surface area contributed by atoms with Gasteiger partial charge in [-0.2, -0.15) is 15.4 Å². The first kappa shape index (κ1) is 15.4. The van der Waals surface area contributed by atoms with Crippen LogP contribution in [-0.2, 0) is 30.5 Å². The van der Waals surface area contributed by atoms with E-state index in [9.17, 15) is 4.79 Å². The van der Waals surface area contributed by atoms with Crippen LogP contribution in [0.3, 0.4) is 0 Å². The zero-order valence-corrected chi connectivity index (χ0v) is 14.1. The molecular weight excluding hydrogens is 300 g/mol. The molecule has 0 radical (unpaired) electrons. The van der Waals surface area contributed by atoms with Crippen molar-refractivity contribution < 1.29 is 4.79 Å². The number of nitrogens with zero attached hydrogens (tertiary/aromatic N) is 2. The highest BCUT2D eigenvalue weighted by atomic mass is 16.1. The van der Waals surface area contributed by atoms with E-state index in [1.807, 2.05) is 0 Å². The number of amides is 1.